The standard InChI is InChI=1S/C8H13FO2.C2H2/c1-11-8(10)7(9)6-4-2-3-5-6;1-2/h6-7H,2-5H2,1H3;1-2H. The summed E-state index contributed by atoms with van der Waals surface area (Å²) in [6, 6.07) is 0. The van der Waals surface area contributed by atoms with Crippen LogP contribution in [0.2, 0.25) is 0 Å². The van der Waals surface area contributed by atoms with E-state index in [1.807, 2.05) is 0 Å². The molecule has 0 saturated heterocycles. The van der Waals surface area contributed by atoms with Gasteiger partial charge in [-0.1, -0.05) is 12.8 Å². The molecule has 0 radical (unpaired) electrons. The zero-order valence-electron chi connectivity index (χ0n) is 7.83. The summed E-state index contributed by atoms with van der Waals surface area (Å²) < 4.78 is 17.3. The van der Waals surface area contributed by atoms with Gasteiger partial charge in [-0.05, 0) is 12.8 Å². The molecule has 1 rings (SSSR count). The average Bonchev–Trinajstić information content (AvgIpc) is 2.71. The Bertz CT molecular complexity index is 171. The fourth-order valence-corrected chi connectivity index (χ4v) is 1.56. The molecule has 2 nitrogen and oxygen atoms in total. The Kier molecular flexibility index (Phi) is 5.96. The topological polar surface area (TPSA) is 26.3 Å². The maximum absolute atomic E-state index is 13.0. The number of carbonyl (C=O) groups excluding carboxylic acids is 1. The summed E-state index contributed by atoms with van der Waals surface area (Å²) in [6.07, 6.45) is 10.4. The molecule has 1 atom stereocenters. The molecule has 0 aromatic rings. The predicted octanol–water partition coefficient (Wildman–Crippen LogP) is 1.94. The Balaban J connectivity index is 0.000000671. The van der Waals surface area contributed by atoms with E-state index in [9.17, 15) is 9.18 Å². The maximum Gasteiger partial charge on any atom is 0.340 e. The molecule has 13 heavy (non-hydrogen) atoms. The maximum atomic E-state index is 13.0. The van der Waals surface area contributed by atoms with Gasteiger partial charge in [0.1, 0.15) is 0 Å². The Morgan fingerprint density at radius 3 is 2.31 bits per heavy atom. The van der Waals surface area contributed by atoms with Crippen molar-refractivity contribution in [1.29, 1.82) is 0 Å². The lowest BCUT2D eigenvalue weighted by atomic mass is 10.0. The van der Waals surface area contributed by atoms with E-state index in [0.717, 1.165) is 25.7 Å². The van der Waals surface area contributed by atoms with Gasteiger partial charge in [-0.3, -0.25) is 0 Å². The molecule has 3 heteroatoms. The molecule has 74 valence electrons. The van der Waals surface area contributed by atoms with Gasteiger partial charge in [0.05, 0.1) is 7.11 Å². The number of alkyl halides is 1. The van der Waals surface area contributed by atoms with Gasteiger partial charge in [0.15, 0.2) is 6.17 Å². The molecule has 0 aromatic heterocycles. The van der Waals surface area contributed by atoms with Crippen LogP contribution in [-0.4, -0.2) is 19.3 Å². The quantitative estimate of drug-likeness (QED) is 0.486. The van der Waals surface area contributed by atoms with E-state index in [-0.39, 0.29) is 5.92 Å². The molecule has 1 aliphatic rings. The van der Waals surface area contributed by atoms with Gasteiger partial charge in [0, 0.05) is 5.92 Å². The largest absolute Gasteiger partial charge is 0.467 e. The summed E-state index contributed by atoms with van der Waals surface area (Å²) in [4.78, 5) is 10.7. The second-order valence-electron chi connectivity index (χ2n) is 2.97. The highest BCUT2D eigenvalue weighted by molar-refractivity contribution is 5.74. The number of terminal acetylenes is 1. The number of esters is 1. The minimum atomic E-state index is -1.39. The second kappa shape index (κ2) is 6.47. The van der Waals surface area contributed by atoms with Crippen molar-refractivity contribution in [3.05, 3.63) is 0 Å². The Morgan fingerprint density at radius 1 is 1.46 bits per heavy atom. The Hall–Kier alpha value is -1.04. The lowest BCUT2D eigenvalue weighted by Crippen LogP contribution is -2.24. The van der Waals surface area contributed by atoms with Crippen LogP contribution in [0.15, 0.2) is 0 Å². The smallest absolute Gasteiger partial charge is 0.340 e. The van der Waals surface area contributed by atoms with Gasteiger partial charge < -0.3 is 4.74 Å². The Morgan fingerprint density at radius 2 is 1.92 bits per heavy atom. The molecule has 0 bridgehead atoms. The van der Waals surface area contributed by atoms with Crippen molar-refractivity contribution in [2.45, 2.75) is 31.9 Å². The zero-order chi connectivity index (χ0) is 10.3. The molecular weight excluding hydrogens is 171 g/mol. The van der Waals surface area contributed by atoms with Crippen molar-refractivity contribution >= 4 is 5.97 Å². The van der Waals surface area contributed by atoms with Crippen molar-refractivity contribution in [3.8, 4) is 12.8 Å². The third-order valence-corrected chi connectivity index (χ3v) is 2.24. The van der Waals surface area contributed by atoms with Crippen LogP contribution in [0.3, 0.4) is 0 Å². The molecule has 1 saturated carbocycles. The van der Waals surface area contributed by atoms with E-state index < -0.39 is 12.1 Å². The first kappa shape index (κ1) is 12.0. The highest BCUT2D eigenvalue weighted by Crippen LogP contribution is 2.29. The highest BCUT2D eigenvalue weighted by Gasteiger charge is 2.30. The van der Waals surface area contributed by atoms with Crippen molar-refractivity contribution < 1.29 is 13.9 Å². The van der Waals surface area contributed by atoms with E-state index in [1.165, 1.54) is 7.11 Å². The van der Waals surface area contributed by atoms with Gasteiger partial charge >= 0.3 is 5.97 Å². The molecule has 0 amide bonds. The molecule has 0 spiro atoms. The molecule has 1 fully saturated rings. The van der Waals surface area contributed by atoms with Crippen LogP contribution in [0.4, 0.5) is 4.39 Å². The fraction of sp³-hybridized carbons (Fsp3) is 0.700. The van der Waals surface area contributed by atoms with Gasteiger partial charge in [0.25, 0.3) is 0 Å². The van der Waals surface area contributed by atoms with Crippen LogP contribution >= 0.6 is 0 Å². The Labute approximate surface area is 78.5 Å². The van der Waals surface area contributed by atoms with Crippen molar-refractivity contribution in [3.63, 3.8) is 0 Å². The first-order valence-electron chi connectivity index (χ1n) is 4.31. The second-order valence-corrected chi connectivity index (χ2v) is 2.97. The van der Waals surface area contributed by atoms with E-state index in [0.29, 0.717) is 0 Å². The molecule has 0 aliphatic heterocycles. The van der Waals surface area contributed by atoms with Crippen LogP contribution in [0.5, 0.6) is 0 Å². The number of halogens is 1. The van der Waals surface area contributed by atoms with Crippen molar-refractivity contribution in [2.75, 3.05) is 7.11 Å². The number of methoxy groups -OCH3 is 1. The highest BCUT2D eigenvalue weighted by atomic mass is 19.1. The minimum Gasteiger partial charge on any atom is -0.467 e. The first-order valence-corrected chi connectivity index (χ1v) is 4.31. The van der Waals surface area contributed by atoms with Crippen LogP contribution in [-0.2, 0) is 9.53 Å². The van der Waals surface area contributed by atoms with Crippen LogP contribution in [0, 0.1) is 18.8 Å². The lowest BCUT2D eigenvalue weighted by Gasteiger charge is -2.11. The fourth-order valence-electron chi connectivity index (χ4n) is 1.56. The van der Waals surface area contributed by atoms with E-state index in [1.54, 1.807) is 0 Å². The predicted molar refractivity (Wildman–Crippen MR) is 48.8 cm³/mol. The van der Waals surface area contributed by atoms with Gasteiger partial charge in [0.2, 0.25) is 0 Å². The van der Waals surface area contributed by atoms with Gasteiger partial charge in [-0.2, -0.15) is 0 Å². The number of hydrogen-bond acceptors (Lipinski definition) is 2. The number of hydrogen-bond donors (Lipinski definition) is 0. The van der Waals surface area contributed by atoms with E-state index in [4.69, 9.17) is 0 Å². The summed E-state index contributed by atoms with van der Waals surface area (Å²) in [6.45, 7) is 0. The summed E-state index contributed by atoms with van der Waals surface area (Å²) in [7, 11) is 1.23. The third-order valence-electron chi connectivity index (χ3n) is 2.24. The molecule has 0 heterocycles. The summed E-state index contributed by atoms with van der Waals surface area (Å²) in [5.41, 5.74) is 0. The normalized spacial score (nSPS) is 18.5. The molecule has 0 aromatic carbocycles. The lowest BCUT2D eigenvalue weighted by molar-refractivity contribution is -0.148. The van der Waals surface area contributed by atoms with Crippen LogP contribution < -0.4 is 0 Å². The van der Waals surface area contributed by atoms with Crippen LogP contribution in [0.1, 0.15) is 25.7 Å². The zero-order valence-corrected chi connectivity index (χ0v) is 7.83. The van der Waals surface area contributed by atoms with Gasteiger partial charge in [-0.15, -0.1) is 12.8 Å². The third kappa shape index (κ3) is 3.45. The molecule has 1 aliphatic carbocycles. The summed E-state index contributed by atoms with van der Waals surface area (Å²) in [5.74, 6) is -0.792. The summed E-state index contributed by atoms with van der Waals surface area (Å²) >= 11 is 0. The first-order chi connectivity index (χ1) is 6.25. The minimum absolute atomic E-state index is 0.0811. The van der Waals surface area contributed by atoms with Crippen molar-refractivity contribution in [2.24, 2.45) is 5.92 Å². The number of carbonyl (C=O) groups is 1. The van der Waals surface area contributed by atoms with Crippen molar-refractivity contribution in [1.82, 2.24) is 0 Å². The SMILES string of the molecule is C#C.COC(=O)C(F)C1CCCC1. The van der Waals surface area contributed by atoms with Crippen LogP contribution in [0.25, 0.3) is 0 Å². The van der Waals surface area contributed by atoms with E-state index >= 15 is 0 Å². The average molecular weight is 186 g/mol. The summed E-state index contributed by atoms with van der Waals surface area (Å²) in [5, 5.41) is 0. The molecule has 1 unspecified atom stereocenters. The monoisotopic (exact) mass is 186 g/mol. The number of rotatable bonds is 2. The molecular formula is C10H15FO2. The van der Waals surface area contributed by atoms with Gasteiger partial charge in [-0.25, -0.2) is 9.18 Å². The molecule has 0 N–H and O–H groups in total. The van der Waals surface area contributed by atoms with E-state index in [2.05, 4.69) is 17.6 Å². The number of ether oxygens (including phenoxy) is 1.